The molecule has 0 saturated heterocycles. The van der Waals surface area contributed by atoms with Crippen LogP contribution in [-0.4, -0.2) is 10.9 Å². The minimum Gasteiger partial charge on any atom is -0.436 e. The molecule has 0 bridgehead atoms. The summed E-state index contributed by atoms with van der Waals surface area (Å²) < 4.78 is 5.85. The number of carbonyl (C=O) groups excluding carboxylic acids is 1. The first-order chi connectivity index (χ1) is 13.0. The number of aromatic nitrogens is 1. The molecule has 27 heavy (non-hydrogen) atoms. The Kier molecular flexibility index (Phi) is 4.42. The predicted octanol–water partition coefficient (Wildman–Crippen LogP) is 6.02. The number of nitrogens with one attached hydrogen (secondary N) is 1. The summed E-state index contributed by atoms with van der Waals surface area (Å²) in [5.41, 5.74) is 5.63. The molecule has 0 radical (unpaired) electrons. The first-order valence-corrected chi connectivity index (χ1v) is 8.92. The minimum atomic E-state index is -0.160. The van der Waals surface area contributed by atoms with Gasteiger partial charge >= 0.3 is 0 Å². The number of oxazole rings is 1. The zero-order valence-electron chi connectivity index (χ0n) is 14.9. The Hall–Kier alpha value is -3.11. The van der Waals surface area contributed by atoms with Crippen LogP contribution in [0.5, 0.6) is 0 Å². The van der Waals surface area contributed by atoms with E-state index in [1.165, 1.54) is 0 Å². The molecule has 4 nitrogen and oxygen atoms in total. The maximum atomic E-state index is 12.5. The Bertz CT molecular complexity index is 1160. The van der Waals surface area contributed by atoms with Crippen molar-refractivity contribution in [3.05, 3.63) is 82.4 Å². The summed E-state index contributed by atoms with van der Waals surface area (Å²) in [4.78, 5) is 17.0. The van der Waals surface area contributed by atoms with E-state index in [4.69, 9.17) is 16.0 Å². The van der Waals surface area contributed by atoms with Gasteiger partial charge in [0, 0.05) is 27.9 Å². The van der Waals surface area contributed by atoms with Crippen LogP contribution in [0.4, 0.5) is 5.69 Å². The summed E-state index contributed by atoms with van der Waals surface area (Å²) in [6.45, 7) is 4.01. The smallest absolute Gasteiger partial charge is 0.255 e. The van der Waals surface area contributed by atoms with Crippen molar-refractivity contribution in [3.8, 4) is 11.5 Å². The summed E-state index contributed by atoms with van der Waals surface area (Å²) in [6, 6.07) is 18.4. The molecule has 3 aromatic carbocycles. The first kappa shape index (κ1) is 17.3. The molecule has 1 heterocycles. The van der Waals surface area contributed by atoms with Crippen molar-refractivity contribution in [3.63, 3.8) is 0 Å². The average Bonchev–Trinajstić information content (AvgIpc) is 3.07. The van der Waals surface area contributed by atoms with Crippen LogP contribution < -0.4 is 5.32 Å². The van der Waals surface area contributed by atoms with E-state index in [0.29, 0.717) is 33.3 Å². The SMILES string of the molecule is Cc1ccc(C(=O)Nc2ccc3nc(-c4cccc(Cl)c4)oc3c2)cc1C. The lowest BCUT2D eigenvalue weighted by molar-refractivity contribution is 0.102. The maximum absolute atomic E-state index is 12.5. The molecule has 1 amide bonds. The van der Waals surface area contributed by atoms with Gasteiger partial charge in [-0.15, -0.1) is 0 Å². The summed E-state index contributed by atoms with van der Waals surface area (Å²) in [6.07, 6.45) is 0. The van der Waals surface area contributed by atoms with Gasteiger partial charge < -0.3 is 9.73 Å². The molecule has 1 aromatic heterocycles. The van der Waals surface area contributed by atoms with Crippen molar-refractivity contribution >= 4 is 34.3 Å². The molecule has 0 aliphatic rings. The Morgan fingerprint density at radius 2 is 1.85 bits per heavy atom. The summed E-state index contributed by atoms with van der Waals surface area (Å²) in [5, 5.41) is 3.53. The van der Waals surface area contributed by atoms with Gasteiger partial charge in [-0.3, -0.25) is 4.79 Å². The Balaban J connectivity index is 1.61. The standard InChI is InChI=1S/C22H17ClN2O2/c1-13-6-7-15(10-14(13)2)21(26)24-18-8-9-19-20(12-18)27-22(25-19)16-4-3-5-17(23)11-16/h3-12H,1-2H3,(H,24,26). The fraction of sp³-hybridized carbons (Fsp3) is 0.0909. The van der Waals surface area contributed by atoms with E-state index in [0.717, 1.165) is 16.7 Å². The lowest BCUT2D eigenvalue weighted by atomic mass is 10.1. The van der Waals surface area contributed by atoms with Gasteiger partial charge in [0.1, 0.15) is 5.52 Å². The lowest BCUT2D eigenvalue weighted by Crippen LogP contribution is -2.12. The van der Waals surface area contributed by atoms with Crippen LogP contribution in [0, 0.1) is 13.8 Å². The van der Waals surface area contributed by atoms with Crippen LogP contribution in [0.2, 0.25) is 5.02 Å². The van der Waals surface area contributed by atoms with Crippen LogP contribution >= 0.6 is 11.6 Å². The van der Waals surface area contributed by atoms with Crippen molar-refractivity contribution in [1.29, 1.82) is 0 Å². The number of carbonyl (C=O) groups is 1. The third-order valence-corrected chi connectivity index (χ3v) is 4.72. The second-order valence-electron chi connectivity index (χ2n) is 6.47. The zero-order chi connectivity index (χ0) is 19.0. The molecule has 0 aliphatic carbocycles. The molecule has 0 spiro atoms. The van der Waals surface area contributed by atoms with Gasteiger partial charge in [-0.25, -0.2) is 4.98 Å². The second-order valence-corrected chi connectivity index (χ2v) is 6.90. The minimum absolute atomic E-state index is 0.160. The largest absolute Gasteiger partial charge is 0.436 e. The van der Waals surface area contributed by atoms with Gasteiger partial charge in [0.25, 0.3) is 5.91 Å². The highest BCUT2D eigenvalue weighted by Crippen LogP contribution is 2.28. The molecule has 4 rings (SSSR count). The van der Waals surface area contributed by atoms with E-state index in [-0.39, 0.29) is 5.91 Å². The van der Waals surface area contributed by atoms with Gasteiger partial charge in [0.15, 0.2) is 5.58 Å². The van der Waals surface area contributed by atoms with E-state index in [9.17, 15) is 4.79 Å². The van der Waals surface area contributed by atoms with Crippen LogP contribution in [0.15, 0.2) is 65.1 Å². The average molecular weight is 377 g/mol. The van der Waals surface area contributed by atoms with E-state index < -0.39 is 0 Å². The Labute approximate surface area is 161 Å². The van der Waals surface area contributed by atoms with Crippen LogP contribution in [0.1, 0.15) is 21.5 Å². The van der Waals surface area contributed by atoms with E-state index in [2.05, 4.69) is 10.3 Å². The molecule has 0 fully saturated rings. The molecule has 134 valence electrons. The summed E-state index contributed by atoms with van der Waals surface area (Å²) in [7, 11) is 0. The lowest BCUT2D eigenvalue weighted by Gasteiger charge is -2.07. The fourth-order valence-corrected chi connectivity index (χ4v) is 3.02. The number of hydrogen-bond acceptors (Lipinski definition) is 3. The second kappa shape index (κ2) is 6.89. The van der Waals surface area contributed by atoms with Crippen molar-refractivity contribution in [2.45, 2.75) is 13.8 Å². The molecule has 0 saturated carbocycles. The van der Waals surface area contributed by atoms with E-state index >= 15 is 0 Å². The van der Waals surface area contributed by atoms with Crippen molar-refractivity contribution in [1.82, 2.24) is 4.98 Å². The topological polar surface area (TPSA) is 55.1 Å². The zero-order valence-corrected chi connectivity index (χ0v) is 15.7. The summed E-state index contributed by atoms with van der Waals surface area (Å²) >= 11 is 6.04. The Morgan fingerprint density at radius 1 is 1.00 bits per heavy atom. The molecule has 0 atom stereocenters. The van der Waals surface area contributed by atoms with Gasteiger partial charge in [0.05, 0.1) is 0 Å². The molecular weight excluding hydrogens is 360 g/mol. The molecule has 1 N–H and O–H groups in total. The highest BCUT2D eigenvalue weighted by molar-refractivity contribution is 6.30. The number of halogens is 1. The third-order valence-electron chi connectivity index (χ3n) is 4.49. The maximum Gasteiger partial charge on any atom is 0.255 e. The predicted molar refractivity (Wildman–Crippen MR) is 108 cm³/mol. The van der Waals surface area contributed by atoms with Crippen LogP contribution in [0.25, 0.3) is 22.6 Å². The number of fused-ring (bicyclic) bond motifs is 1. The third kappa shape index (κ3) is 3.57. The van der Waals surface area contributed by atoms with E-state index in [1.807, 2.05) is 56.3 Å². The number of rotatable bonds is 3. The molecule has 4 aromatic rings. The van der Waals surface area contributed by atoms with Gasteiger partial charge in [-0.2, -0.15) is 0 Å². The van der Waals surface area contributed by atoms with Gasteiger partial charge in [-0.05, 0) is 67.4 Å². The van der Waals surface area contributed by atoms with Crippen LogP contribution in [0.3, 0.4) is 0 Å². The van der Waals surface area contributed by atoms with Gasteiger partial charge in [0.2, 0.25) is 5.89 Å². The number of anilines is 1. The number of aryl methyl sites for hydroxylation is 2. The van der Waals surface area contributed by atoms with Crippen LogP contribution in [-0.2, 0) is 0 Å². The first-order valence-electron chi connectivity index (χ1n) is 8.55. The number of hydrogen-bond donors (Lipinski definition) is 1. The van der Waals surface area contributed by atoms with Crippen molar-refractivity contribution in [2.75, 3.05) is 5.32 Å². The quantitative estimate of drug-likeness (QED) is 0.475. The molecule has 0 aliphatic heterocycles. The van der Waals surface area contributed by atoms with Gasteiger partial charge in [-0.1, -0.05) is 23.7 Å². The molecular formula is C22H17ClN2O2. The van der Waals surface area contributed by atoms with Crippen molar-refractivity contribution in [2.24, 2.45) is 0 Å². The molecule has 0 unspecified atom stereocenters. The van der Waals surface area contributed by atoms with E-state index in [1.54, 1.807) is 18.2 Å². The highest BCUT2D eigenvalue weighted by atomic mass is 35.5. The highest BCUT2D eigenvalue weighted by Gasteiger charge is 2.11. The monoisotopic (exact) mass is 376 g/mol. The molecule has 5 heteroatoms. The summed E-state index contributed by atoms with van der Waals surface area (Å²) in [5.74, 6) is 0.331. The Morgan fingerprint density at radius 3 is 2.63 bits per heavy atom. The number of nitrogens with zero attached hydrogens (tertiary/aromatic N) is 1. The normalized spacial score (nSPS) is 10.9. The number of amides is 1. The fourth-order valence-electron chi connectivity index (χ4n) is 2.83. The number of benzene rings is 3. The van der Waals surface area contributed by atoms with Crippen molar-refractivity contribution < 1.29 is 9.21 Å².